The van der Waals surface area contributed by atoms with Crippen molar-refractivity contribution in [1.29, 1.82) is 0 Å². The lowest BCUT2D eigenvalue weighted by Gasteiger charge is -2.37. The quantitative estimate of drug-likeness (QED) is 0.567. The van der Waals surface area contributed by atoms with Gasteiger partial charge in [-0.3, -0.25) is 4.90 Å². The van der Waals surface area contributed by atoms with Crippen LogP contribution in [0.15, 0.2) is 0 Å². The number of aliphatic hydroxyl groups excluding tert-OH is 1. The van der Waals surface area contributed by atoms with E-state index in [0.29, 0.717) is 19.3 Å². The van der Waals surface area contributed by atoms with E-state index in [9.17, 15) is 5.11 Å². The van der Waals surface area contributed by atoms with Crippen LogP contribution >= 0.6 is 0 Å². The van der Waals surface area contributed by atoms with E-state index in [4.69, 9.17) is 9.47 Å². The van der Waals surface area contributed by atoms with E-state index in [1.165, 1.54) is 19.3 Å². The fourth-order valence-corrected chi connectivity index (χ4v) is 2.55. The highest BCUT2D eigenvalue weighted by atomic mass is 16.5. The van der Waals surface area contributed by atoms with Crippen molar-refractivity contribution in [2.24, 2.45) is 0 Å². The molecular weight excluding hydrogens is 244 g/mol. The Balaban J connectivity index is 2.26. The smallest absolute Gasteiger partial charge is 0.0900 e. The minimum Gasteiger partial charge on any atom is -0.389 e. The van der Waals surface area contributed by atoms with Crippen LogP contribution in [-0.2, 0) is 9.47 Å². The van der Waals surface area contributed by atoms with E-state index >= 15 is 0 Å². The molecule has 1 saturated heterocycles. The molecular formula is C14H30N2O3. The van der Waals surface area contributed by atoms with Gasteiger partial charge in [-0.25, -0.2) is 0 Å². The Hall–Kier alpha value is -0.200. The van der Waals surface area contributed by atoms with E-state index in [-0.39, 0.29) is 6.10 Å². The molecule has 5 nitrogen and oxygen atoms in total. The first kappa shape index (κ1) is 16.9. The summed E-state index contributed by atoms with van der Waals surface area (Å²) in [5.74, 6) is 0. The van der Waals surface area contributed by atoms with Gasteiger partial charge in [0.2, 0.25) is 0 Å². The van der Waals surface area contributed by atoms with Gasteiger partial charge >= 0.3 is 0 Å². The number of hydrogen-bond acceptors (Lipinski definition) is 5. The van der Waals surface area contributed by atoms with E-state index in [1.54, 1.807) is 7.11 Å². The van der Waals surface area contributed by atoms with Crippen LogP contribution in [0.5, 0.6) is 0 Å². The molecule has 2 unspecified atom stereocenters. The predicted molar refractivity (Wildman–Crippen MR) is 76.5 cm³/mol. The summed E-state index contributed by atoms with van der Waals surface area (Å²) in [5.41, 5.74) is 0. The zero-order chi connectivity index (χ0) is 13.9. The number of β-amino-alcohol motifs (C(OH)–C–C–N with tert-alkyl or cyclic N) is 1. The molecule has 2 atom stereocenters. The highest BCUT2D eigenvalue weighted by molar-refractivity contribution is 4.80. The summed E-state index contributed by atoms with van der Waals surface area (Å²) in [6.45, 7) is 7.48. The molecule has 1 heterocycles. The Bertz CT molecular complexity index is 217. The SMILES string of the molecule is CCOCC(O)CN1CCCCC1CNCCOC. The first-order valence-electron chi connectivity index (χ1n) is 7.47. The van der Waals surface area contributed by atoms with E-state index in [1.807, 2.05) is 6.92 Å². The van der Waals surface area contributed by atoms with Gasteiger partial charge in [0, 0.05) is 39.4 Å². The van der Waals surface area contributed by atoms with Crippen LogP contribution in [0.25, 0.3) is 0 Å². The molecule has 0 bridgehead atoms. The molecule has 1 rings (SSSR count). The van der Waals surface area contributed by atoms with Crippen molar-refractivity contribution in [2.45, 2.75) is 38.3 Å². The third-order valence-corrected chi connectivity index (χ3v) is 3.57. The first-order valence-corrected chi connectivity index (χ1v) is 7.47. The lowest BCUT2D eigenvalue weighted by Crippen LogP contribution is -2.49. The average Bonchev–Trinajstić information content (AvgIpc) is 2.43. The molecule has 0 aromatic rings. The zero-order valence-electron chi connectivity index (χ0n) is 12.4. The Morgan fingerprint density at radius 2 is 2.26 bits per heavy atom. The summed E-state index contributed by atoms with van der Waals surface area (Å²) >= 11 is 0. The Morgan fingerprint density at radius 3 is 3.00 bits per heavy atom. The minimum atomic E-state index is -0.375. The summed E-state index contributed by atoms with van der Waals surface area (Å²) < 4.78 is 10.3. The van der Waals surface area contributed by atoms with E-state index in [2.05, 4.69) is 10.2 Å². The van der Waals surface area contributed by atoms with Gasteiger partial charge in [0.25, 0.3) is 0 Å². The monoisotopic (exact) mass is 274 g/mol. The number of aliphatic hydroxyl groups is 1. The molecule has 2 N–H and O–H groups in total. The van der Waals surface area contributed by atoms with Gasteiger partial charge in [-0.15, -0.1) is 0 Å². The third kappa shape index (κ3) is 7.22. The van der Waals surface area contributed by atoms with E-state index in [0.717, 1.165) is 32.8 Å². The Labute approximate surface area is 117 Å². The van der Waals surface area contributed by atoms with Crippen LogP contribution in [-0.4, -0.2) is 75.3 Å². The highest BCUT2D eigenvalue weighted by Crippen LogP contribution is 2.16. The topological polar surface area (TPSA) is 54.0 Å². The number of piperidine rings is 1. The first-order chi connectivity index (χ1) is 9.27. The number of nitrogens with zero attached hydrogens (tertiary/aromatic N) is 1. The molecule has 1 aliphatic heterocycles. The number of nitrogens with one attached hydrogen (secondary N) is 1. The summed E-state index contributed by atoms with van der Waals surface area (Å²) in [4.78, 5) is 2.40. The third-order valence-electron chi connectivity index (χ3n) is 3.57. The normalized spacial score (nSPS) is 22.6. The molecule has 5 heteroatoms. The van der Waals surface area contributed by atoms with Crippen LogP contribution in [0.3, 0.4) is 0 Å². The van der Waals surface area contributed by atoms with Crippen LogP contribution in [0.1, 0.15) is 26.2 Å². The maximum atomic E-state index is 9.95. The fourth-order valence-electron chi connectivity index (χ4n) is 2.55. The summed E-state index contributed by atoms with van der Waals surface area (Å²) in [7, 11) is 1.72. The van der Waals surface area contributed by atoms with Gasteiger partial charge in [0.05, 0.1) is 19.3 Å². The summed E-state index contributed by atoms with van der Waals surface area (Å²) in [6, 6.07) is 0.530. The van der Waals surface area contributed by atoms with Gasteiger partial charge in [0.15, 0.2) is 0 Å². The zero-order valence-corrected chi connectivity index (χ0v) is 12.4. The highest BCUT2D eigenvalue weighted by Gasteiger charge is 2.23. The van der Waals surface area contributed by atoms with Crippen molar-refractivity contribution >= 4 is 0 Å². The Morgan fingerprint density at radius 1 is 1.42 bits per heavy atom. The molecule has 19 heavy (non-hydrogen) atoms. The van der Waals surface area contributed by atoms with Crippen LogP contribution in [0, 0.1) is 0 Å². The van der Waals surface area contributed by atoms with Gasteiger partial charge in [-0.1, -0.05) is 6.42 Å². The maximum Gasteiger partial charge on any atom is 0.0900 e. The lowest BCUT2D eigenvalue weighted by atomic mass is 10.0. The molecule has 0 saturated carbocycles. The molecule has 0 amide bonds. The molecule has 0 radical (unpaired) electrons. The largest absolute Gasteiger partial charge is 0.389 e. The standard InChI is InChI=1S/C14H30N2O3/c1-3-19-12-14(17)11-16-8-5-4-6-13(16)10-15-7-9-18-2/h13-15,17H,3-12H2,1-2H3. The van der Waals surface area contributed by atoms with Crippen molar-refractivity contribution in [3.8, 4) is 0 Å². The second-order valence-electron chi connectivity index (χ2n) is 5.15. The van der Waals surface area contributed by atoms with Crippen molar-refractivity contribution < 1.29 is 14.6 Å². The van der Waals surface area contributed by atoms with Crippen molar-refractivity contribution in [3.05, 3.63) is 0 Å². The van der Waals surface area contributed by atoms with Crippen LogP contribution < -0.4 is 5.32 Å². The molecule has 114 valence electrons. The minimum absolute atomic E-state index is 0.375. The molecule has 0 aromatic carbocycles. The number of methoxy groups -OCH3 is 1. The predicted octanol–water partition coefficient (Wildman–Crippen LogP) is 0.474. The number of likely N-dealkylation sites (tertiary alicyclic amines) is 1. The van der Waals surface area contributed by atoms with Crippen molar-refractivity contribution in [2.75, 3.05) is 53.1 Å². The number of rotatable bonds is 10. The van der Waals surface area contributed by atoms with Crippen molar-refractivity contribution in [1.82, 2.24) is 10.2 Å². The van der Waals surface area contributed by atoms with E-state index < -0.39 is 0 Å². The summed E-state index contributed by atoms with van der Waals surface area (Å²) in [6.07, 6.45) is 3.35. The van der Waals surface area contributed by atoms with Crippen LogP contribution in [0.4, 0.5) is 0 Å². The second kappa shape index (κ2) is 10.6. The van der Waals surface area contributed by atoms with Crippen molar-refractivity contribution in [3.63, 3.8) is 0 Å². The van der Waals surface area contributed by atoms with Gasteiger partial charge in [-0.05, 0) is 26.3 Å². The Kier molecular flexibility index (Phi) is 9.38. The van der Waals surface area contributed by atoms with Gasteiger partial charge in [0.1, 0.15) is 0 Å². The molecule has 1 fully saturated rings. The molecule has 0 spiro atoms. The summed E-state index contributed by atoms with van der Waals surface area (Å²) in [5, 5.41) is 13.4. The average molecular weight is 274 g/mol. The molecule has 1 aliphatic rings. The van der Waals surface area contributed by atoms with Crippen LogP contribution in [0.2, 0.25) is 0 Å². The van der Waals surface area contributed by atoms with Gasteiger partial charge < -0.3 is 19.9 Å². The number of ether oxygens (including phenoxy) is 2. The molecule has 0 aliphatic carbocycles. The second-order valence-corrected chi connectivity index (χ2v) is 5.15. The molecule has 0 aromatic heterocycles. The maximum absolute atomic E-state index is 9.95. The lowest BCUT2D eigenvalue weighted by molar-refractivity contribution is 0.00554. The van der Waals surface area contributed by atoms with Gasteiger partial charge in [-0.2, -0.15) is 0 Å². The number of hydrogen-bond donors (Lipinski definition) is 2. The fraction of sp³-hybridized carbons (Fsp3) is 1.00.